The Hall–Kier alpha value is -1.89. The molecule has 2 N–H and O–H groups in total. The van der Waals surface area contributed by atoms with E-state index in [0.29, 0.717) is 17.0 Å². The van der Waals surface area contributed by atoms with Crippen LogP contribution in [0.2, 0.25) is 0 Å². The Morgan fingerprint density at radius 3 is 2.33 bits per heavy atom. The molecule has 0 fully saturated rings. The molecule has 18 heavy (non-hydrogen) atoms. The van der Waals surface area contributed by atoms with Gasteiger partial charge in [-0.15, -0.1) is 5.10 Å². The van der Waals surface area contributed by atoms with Crippen LogP contribution in [-0.2, 0) is 19.8 Å². The predicted molar refractivity (Wildman–Crippen MR) is 59.3 cm³/mol. The van der Waals surface area contributed by atoms with Crippen molar-refractivity contribution in [1.29, 1.82) is 0 Å². The van der Waals surface area contributed by atoms with E-state index in [1.165, 1.54) is 16.8 Å². The molecule has 0 amide bonds. The van der Waals surface area contributed by atoms with E-state index < -0.39 is 11.7 Å². The summed E-state index contributed by atoms with van der Waals surface area (Å²) in [5.74, 6) is 0. The first kappa shape index (κ1) is 12.6. The van der Waals surface area contributed by atoms with E-state index in [1.54, 1.807) is 7.05 Å². The molecule has 0 radical (unpaired) electrons. The molecule has 2 aromatic rings. The van der Waals surface area contributed by atoms with E-state index in [9.17, 15) is 13.2 Å². The Kier molecular flexibility index (Phi) is 3.08. The minimum Gasteiger partial charge on any atom is -0.325 e. The maximum atomic E-state index is 12.4. The summed E-state index contributed by atoms with van der Waals surface area (Å²) in [6, 6.07) is 4.84. The lowest BCUT2D eigenvalue weighted by Gasteiger charge is -2.08. The summed E-state index contributed by atoms with van der Waals surface area (Å²) in [5.41, 5.74) is 6.61. The van der Waals surface area contributed by atoms with Crippen molar-refractivity contribution in [3.05, 3.63) is 35.5 Å². The maximum absolute atomic E-state index is 12.4. The highest BCUT2D eigenvalue weighted by Gasteiger charge is 2.30. The van der Waals surface area contributed by atoms with E-state index in [-0.39, 0.29) is 6.54 Å². The Morgan fingerprint density at radius 2 is 1.83 bits per heavy atom. The molecule has 0 aliphatic heterocycles. The summed E-state index contributed by atoms with van der Waals surface area (Å²) in [5, 5.41) is 7.65. The third kappa shape index (κ3) is 2.21. The first-order valence-corrected chi connectivity index (χ1v) is 5.19. The molecule has 1 aromatic heterocycles. The summed E-state index contributed by atoms with van der Waals surface area (Å²) >= 11 is 0. The van der Waals surface area contributed by atoms with Gasteiger partial charge in [0.1, 0.15) is 5.69 Å². The van der Waals surface area contributed by atoms with Crippen LogP contribution in [0.3, 0.4) is 0 Å². The van der Waals surface area contributed by atoms with E-state index >= 15 is 0 Å². The van der Waals surface area contributed by atoms with E-state index in [4.69, 9.17) is 5.73 Å². The first-order chi connectivity index (χ1) is 8.43. The molecular weight excluding hydrogens is 245 g/mol. The van der Waals surface area contributed by atoms with Gasteiger partial charge in [-0.2, -0.15) is 13.2 Å². The third-order valence-electron chi connectivity index (χ3n) is 2.58. The number of aryl methyl sites for hydroxylation is 1. The van der Waals surface area contributed by atoms with Crippen LogP contribution in [0, 0.1) is 0 Å². The lowest BCUT2D eigenvalue weighted by atomic mass is 10.1. The largest absolute Gasteiger partial charge is 0.416 e. The molecule has 2 rings (SSSR count). The summed E-state index contributed by atoms with van der Waals surface area (Å²) in [4.78, 5) is 0. The van der Waals surface area contributed by atoms with Crippen LogP contribution in [0.1, 0.15) is 11.3 Å². The summed E-state index contributed by atoms with van der Waals surface area (Å²) in [7, 11) is 1.67. The van der Waals surface area contributed by atoms with Gasteiger partial charge in [0, 0.05) is 19.2 Å². The van der Waals surface area contributed by atoms with Crippen molar-refractivity contribution in [2.75, 3.05) is 0 Å². The first-order valence-electron chi connectivity index (χ1n) is 5.19. The highest BCUT2D eigenvalue weighted by Crippen LogP contribution is 2.31. The minimum atomic E-state index is -4.33. The maximum Gasteiger partial charge on any atom is 0.416 e. The van der Waals surface area contributed by atoms with Gasteiger partial charge in [-0.3, -0.25) is 0 Å². The Labute approximate surface area is 101 Å². The van der Waals surface area contributed by atoms with Gasteiger partial charge in [-0.1, -0.05) is 17.3 Å². The monoisotopic (exact) mass is 256 g/mol. The zero-order chi connectivity index (χ0) is 13.3. The van der Waals surface area contributed by atoms with Crippen LogP contribution in [0.5, 0.6) is 0 Å². The number of nitrogens with zero attached hydrogens (tertiary/aromatic N) is 3. The molecule has 1 aromatic carbocycles. The SMILES string of the molecule is Cn1nnc(CN)c1-c1ccc(C(F)(F)F)cc1. The molecule has 7 heteroatoms. The van der Waals surface area contributed by atoms with E-state index in [2.05, 4.69) is 10.3 Å². The molecule has 0 bridgehead atoms. The van der Waals surface area contributed by atoms with Crippen molar-refractivity contribution >= 4 is 0 Å². The zero-order valence-corrected chi connectivity index (χ0v) is 9.57. The second-order valence-electron chi connectivity index (χ2n) is 3.79. The fraction of sp³-hybridized carbons (Fsp3) is 0.273. The topological polar surface area (TPSA) is 56.7 Å². The number of nitrogens with two attached hydrogens (primary N) is 1. The Morgan fingerprint density at radius 1 is 1.22 bits per heavy atom. The highest BCUT2D eigenvalue weighted by molar-refractivity contribution is 5.62. The Bertz CT molecular complexity index is 542. The molecule has 0 unspecified atom stereocenters. The average molecular weight is 256 g/mol. The number of hydrogen-bond acceptors (Lipinski definition) is 3. The van der Waals surface area contributed by atoms with Gasteiger partial charge in [-0.25, -0.2) is 4.68 Å². The fourth-order valence-corrected chi connectivity index (χ4v) is 1.71. The minimum absolute atomic E-state index is 0.185. The molecule has 0 atom stereocenters. The van der Waals surface area contributed by atoms with Gasteiger partial charge in [0.2, 0.25) is 0 Å². The summed E-state index contributed by atoms with van der Waals surface area (Å²) in [6.45, 7) is 0.185. The highest BCUT2D eigenvalue weighted by atomic mass is 19.4. The van der Waals surface area contributed by atoms with Gasteiger partial charge in [0.15, 0.2) is 0 Å². The number of alkyl halides is 3. The smallest absolute Gasteiger partial charge is 0.325 e. The van der Waals surface area contributed by atoms with Crippen LogP contribution in [0.15, 0.2) is 24.3 Å². The molecule has 4 nitrogen and oxygen atoms in total. The summed E-state index contributed by atoms with van der Waals surface area (Å²) < 4.78 is 38.8. The molecule has 1 heterocycles. The predicted octanol–water partition coefficient (Wildman–Crippen LogP) is 1.96. The number of rotatable bonds is 2. The number of aromatic nitrogens is 3. The van der Waals surface area contributed by atoms with E-state index in [0.717, 1.165) is 12.1 Å². The van der Waals surface area contributed by atoms with Crippen molar-refractivity contribution in [3.8, 4) is 11.3 Å². The lowest BCUT2D eigenvalue weighted by molar-refractivity contribution is -0.137. The second-order valence-corrected chi connectivity index (χ2v) is 3.79. The second kappa shape index (κ2) is 4.41. The molecule has 0 spiro atoms. The lowest BCUT2D eigenvalue weighted by Crippen LogP contribution is -2.05. The molecule has 0 aliphatic rings. The number of benzene rings is 1. The molecular formula is C11H11F3N4. The molecule has 0 saturated heterocycles. The van der Waals surface area contributed by atoms with Gasteiger partial charge in [-0.05, 0) is 12.1 Å². The fourth-order valence-electron chi connectivity index (χ4n) is 1.71. The zero-order valence-electron chi connectivity index (χ0n) is 9.57. The van der Waals surface area contributed by atoms with Crippen molar-refractivity contribution in [1.82, 2.24) is 15.0 Å². The molecule has 0 saturated carbocycles. The molecule has 96 valence electrons. The van der Waals surface area contributed by atoms with Gasteiger partial charge < -0.3 is 5.73 Å². The summed E-state index contributed by atoms with van der Waals surface area (Å²) in [6.07, 6.45) is -4.33. The van der Waals surface area contributed by atoms with Gasteiger partial charge >= 0.3 is 6.18 Å². The van der Waals surface area contributed by atoms with Crippen molar-refractivity contribution < 1.29 is 13.2 Å². The number of hydrogen-bond donors (Lipinski definition) is 1. The van der Waals surface area contributed by atoms with Gasteiger partial charge in [0.05, 0.1) is 11.3 Å². The van der Waals surface area contributed by atoms with Crippen LogP contribution in [0.25, 0.3) is 11.3 Å². The van der Waals surface area contributed by atoms with E-state index in [1.807, 2.05) is 0 Å². The van der Waals surface area contributed by atoms with Gasteiger partial charge in [0.25, 0.3) is 0 Å². The normalized spacial score (nSPS) is 11.8. The van der Waals surface area contributed by atoms with Crippen LogP contribution >= 0.6 is 0 Å². The molecule has 0 aliphatic carbocycles. The van der Waals surface area contributed by atoms with Crippen LogP contribution in [0.4, 0.5) is 13.2 Å². The number of halogens is 3. The van der Waals surface area contributed by atoms with Crippen molar-refractivity contribution in [2.24, 2.45) is 12.8 Å². The van der Waals surface area contributed by atoms with Crippen molar-refractivity contribution in [2.45, 2.75) is 12.7 Å². The standard InChI is InChI=1S/C11H11F3N4/c1-18-10(9(6-15)16-17-18)7-2-4-8(5-3-7)11(12,13)14/h2-5H,6,15H2,1H3. The van der Waals surface area contributed by atoms with Crippen molar-refractivity contribution in [3.63, 3.8) is 0 Å². The average Bonchev–Trinajstić information content (AvgIpc) is 2.69. The van der Waals surface area contributed by atoms with Crippen LogP contribution < -0.4 is 5.73 Å². The van der Waals surface area contributed by atoms with Crippen LogP contribution in [-0.4, -0.2) is 15.0 Å². The third-order valence-corrected chi connectivity index (χ3v) is 2.58. The Balaban J connectivity index is 2.43. The quantitative estimate of drug-likeness (QED) is 0.893.